The molecule has 0 saturated heterocycles. The number of fused-ring (bicyclic) bond motifs is 1. The highest BCUT2D eigenvalue weighted by Crippen LogP contribution is 2.49. The molecule has 94 valence electrons. The average molecular weight is 232 g/mol. The molecule has 0 bridgehead atoms. The Kier molecular flexibility index (Phi) is 2.11. The van der Waals surface area contributed by atoms with Crippen molar-refractivity contribution in [3.05, 3.63) is 23.0 Å². The monoisotopic (exact) mass is 232 g/mol. The van der Waals surface area contributed by atoms with Crippen molar-refractivity contribution in [2.45, 2.75) is 65.0 Å². The van der Waals surface area contributed by atoms with E-state index in [2.05, 4.69) is 38.3 Å². The highest BCUT2D eigenvalue weighted by molar-refractivity contribution is 5.36. The van der Waals surface area contributed by atoms with E-state index in [9.17, 15) is 0 Å². The van der Waals surface area contributed by atoms with Gasteiger partial charge in [-0.3, -0.25) is 0 Å². The number of aryl methyl sites for hydroxylation is 1. The van der Waals surface area contributed by atoms with Gasteiger partial charge in [0.2, 0.25) is 0 Å². The maximum absolute atomic E-state index is 6.35. The van der Waals surface area contributed by atoms with Gasteiger partial charge in [-0.25, -0.2) is 0 Å². The first-order valence-electron chi connectivity index (χ1n) is 6.80. The third kappa shape index (κ3) is 1.65. The predicted octanol–water partition coefficient (Wildman–Crippen LogP) is 3.28. The number of hydrogen-bond acceptors (Lipinski definition) is 1. The summed E-state index contributed by atoms with van der Waals surface area (Å²) >= 11 is 0. The fraction of sp³-hybridized carbons (Fsp3) is 0.733. The molecule has 2 N–H and O–H groups in total. The van der Waals surface area contributed by atoms with Gasteiger partial charge in [-0.05, 0) is 56.6 Å². The highest BCUT2D eigenvalue weighted by atomic mass is 15.1. The van der Waals surface area contributed by atoms with Gasteiger partial charge in [-0.15, -0.1) is 0 Å². The molecule has 0 aliphatic heterocycles. The van der Waals surface area contributed by atoms with Gasteiger partial charge in [0.1, 0.15) is 0 Å². The van der Waals surface area contributed by atoms with Crippen LogP contribution in [0.25, 0.3) is 0 Å². The summed E-state index contributed by atoms with van der Waals surface area (Å²) in [6.45, 7) is 9.31. The zero-order chi connectivity index (χ0) is 12.4. The molecule has 1 unspecified atom stereocenters. The van der Waals surface area contributed by atoms with Crippen molar-refractivity contribution in [1.29, 1.82) is 0 Å². The van der Waals surface area contributed by atoms with Crippen molar-refractivity contribution in [2.24, 2.45) is 11.1 Å². The first kappa shape index (κ1) is 11.3. The van der Waals surface area contributed by atoms with Crippen molar-refractivity contribution in [1.82, 2.24) is 4.57 Å². The maximum Gasteiger partial charge on any atom is 0.0418 e. The van der Waals surface area contributed by atoms with Gasteiger partial charge in [-0.2, -0.15) is 0 Å². The Bertz CT molecular complexity index is 464. The van der Waals surface area contributed by atoms with E-state index in [1.54, 1.807) is 0 Å². The van der Waals surface area contributed by atoms with Crippen LogP contribution in [-0.2, 0) is 12.0 Å². The lowest BCUT2D eigenvalue weighted by Crippen LogP contribution is -2.32. The molecule has 3 rings (SSSR count). The van der Waals surface area contributed by atoms with Crippen molar-refractivity contribution < 1.29 is 0 Å². The smallest absolute Gasteiger partial charge is 0.0418 e. The summed E-state index contributed by atoms with van der Waals surface area (Å²) in [5.41, 5.74) is 11.4. The highest BCUT2D eigenvalue weighted by Gasteiger charge is 2.44. The number of hydrogen-bond donors (Lipinski definition) is 1. The van der Waals surface area contributed by atoms with Crippen LogP contribution in [0.3, 0.4) is 0 Å². The molecule has 1 fully saturated rings. The minimum Gasteiger partial charge on any atom is -0.343 e. The molecule has 2 aliphatic carbocycles. The van der Waals surface area contributed by atoms with E-state index in [0.717, 1.165) is 6.42 Å². The summed E-state index contributed by atoms with van der Waals surface area (Å²) in [4.78, 5) is 0. The van der Waals surface area contributed by atoms with Crippen LogP contribution in [0.5, 0.6) is 0 Å². The maximum atomic E-state index is 6.35. The molecule has 1 heterocycles. The molecule has 0 aromatic carbocycles. The lowest BCUT2D eigenvalue weighted by atomic mass is 9.74. The van der Waals surface area contributed by atoms with Crippen molar-refractivity contribution in [3.63, 3.8) is 0 Å². The van der Waals surface area contributed by atoms with E-state index >= 15 is 0 Å². The van der Waals surface area contributed by atoms with Gasteiger partial charge in [0, 0.05) is 23.0 Å². The normalized spacial score (nSPS) is 28.9. The fourth-order valence-corrected chi connectivity index (χ4v) is 3.60. The lowest BCUT2D eigenvalue weighted by Gasteiger charge is -2.35. The molecule has 2 nitrogen and oxygen atoms in total. The topological polar surface area (TPSA) is 30.9 Å². The Morgan fingerprint density at radius 1 is 1.29 bits per heavy atom. The van der Waals surface area contributed by atoms with Crippen LogP contribution in [0.1, 0.15) is 63.0 Å². The molecular weight excluding hydrogens is 208 g/mol. The van der Waals surface area contributed by atoms with Crippen LogP contribution in [0, 0.1) is 12.3 Å². The van der Waals surface area contributed by atoms with Gasteiger partial charge in [0.05, 0.1) is 0 Å². The number of rotatable bonds is 1. The van der Waals surface area contributed by atoms with E-state index in [-0.39, 0.29) is 6.04 Å². The summed E-state index contributed by atoms with van der Waals surface area (Å²) in [7, 11) is 0. The molecule has 1 atom stereocenters. The van der Waals surface area contributed by atoms with Crippen LogP contribution in [0.15, 0.2) is 6.07 Å². The zero-order valence-electron chi connectivity index (χ0n) is 11.5. The third-order valence-corrected chi connectivity index (χ3v) is 4.65. The Labute approximate surface area is 104 Å². The van der Waals surface area contributed by atoms with Crippen LogP contribution in [0.2, 0.25) is 0 Å². The SMILES string of the molecule is Cc1cc2c(n1C1(C)CC1)CC(C)(C)CC2N. The zero-order valence-corrected chi connectivity index (χ0v) is 11.5. The Morgan fingerprint density at radius 2 is 1.94 bits per heavy atom. The molecule has 1 saturated carbocycles. The molecular formula is C15H24N2. The second-order valence-corrected chi connectivity index (χ2v) is 7.17. The lowest BCUT2D eigenvalue weighted by molar-refractivity contribution is 0.270. The van der Waals surface area contributed by atoms with Crippen LogP contribution in [0.4, 0.5) is 0 Å². The summed E-state index contributed by atoms with van der Waals surface area (Å²) < 4.78 is 2.59. The molecule has 2 aliphatic rings. The van der Waals surface area contributed by atoms with Gasteiger partial charge < -0.3 is 10.3 Å². The van der Waals surface area contributed by atoms with Gasteiger partial charge in [-0.1, -0.05) is 13.8 Å². The van der Waals surface area contributed by atoms with Gasteiger partial charge in [0.25, 0.3) is 0 Å². The molecule has 0 radical (unpaired) electrons. The van der Waals surface area contributed by atoms with Crippen molar-refractivity contribution in [2.75, 3.05) is 0 Å². The largest absolute Gasteiger partial charge is 0.343 e. The second kappa shape index (κ2) is 3.17. The fourth-order valence-electron chi connectivity index (χ4n) is 3.60. The summed E-state index contributed by atoms with van der Waals surface area (Å²) in [6, 6.07) is 2.56. The van der Waals surface area contributed by atoms with Crippen molar-refractivity contribution >= 4 is 0 Å². The standard InChI is InChI=1S/C15H24N2/c1-10-7-11-12(16)8-14(2,3)9-13(11)17(10)15(4)5-6-15/h7,12H,5-6,8-9,16H2,1-4H3. The summed E-state index contributed by atoms with van der Waals surface area (Å²) in [5.74, 6) is 0. The van der Waals surface area contributed by atoms with Crippen LogP contribution >= 0.6 is 0 Å². The molecule has 17 heavy (non-hydrogen) atoms. The number of aromatic nitrogens is 1. The number of nitrogens with two attached hydrogens (primary N) is 1. The molecule has 0 spiro atoms. The van der Waals surface area contributed by atoms with E-state index < -0.39 is 0 Å². The van der Waals surface area contributed by atoms with E-state index in [1.165, 1.54) is 36.2 Å². The van der Waals surface area contributed by atoms with E-state index in [4.69, 9.17) is 5.73 Å². The van der Waals surface area contributed by atoms with Crippen molar-refractivity contribution in [3.8, 4) is 0 Å². The average Bonchev–Trinajstić information content (AvgIpc) is 2.80. The second-order valence-electron chi connectivity index (χ2n) is 7.17. The minimum atomic E-state index is 0.232. The minimum absolute atomic E-state index is 0.232. The molecule has 2 heteroatoms. The summed E-state index contributed by atoms with van der Waals surface area (Å²) in [6.07, 6.45) is 4.94. The third-order valence-electron chi connectivity index (χ3n) is 4.65. The predicted molar refractivity (Wildman–Crippen MR) is 71.1 cm³/mol. The Hall–Kier alpha value is -0.760. The molecule has 0 amide bonds. The number of nitrogens with zero attached hydrogens (tertiary/aromatic N) is 1. The quantitative estimate of drug-likeness (QED) is 0.791. The Balaban J connectivity index is 2.14. The van der Waals surface area contributed by atoms with Gasteiger partial charge >= 0.3 is 0 Å². The molecule has 1 aromatic heterocycles. The summed E-state index contributed by atoms with van der Waals surface area (Å²) in [5, 5.41) is 0. The van der Waals surface area contributed by atoms with Gasteiger partial charge in [0.15, 0.2) is 0 Å². The first-order valence-corrected chi connectivity index (χ1v) is 6.80. The first-order chi connectivity index (χ1) is 7.82. The van der Waals surface area contributed by atoms with Crippen LogP contribution in [-0.4, -0.2) is 4.57 Å². The van der Waals surface area contributed by atoms with E-state index in [1.807, 2.05) is 0 Å². The van der Waals surface area contributed by atoms with Crippen LogP contribution < -0.4 is 5.73 Å². The molecule has 1 aromatic rings. The Morgan fingerprint density at radius 3 is 2.53 bits per heavy atom. The van der Waals surface area contributed by atoms with E-state index in [0.29, 0.717) is 11.0 Å².